The summed E-state index contributed by atoms with van der Waals surface area (Å²) in [7, 11) is 1.32. The molecule has 29 heavy (non-hydrogen) atoms. The van der Waals surface area contributed by atoms with Gasteiger partial charge in [0, 0.05) is 12.5 Å². The highest BCUT2D eigenvalue weighted by Gasteiger charge is 2.23. The van der Waals surface area contributed by atoms with Crippen molar-refractivity contribution in [1.82, 2.24) is 19.5 Å². The average Bonchev–Trinajstić information content (AvgIpc) is 3.40. The van der Waals surface area contributed by atoms with Crippen LogP contribution in [-0.4, -0.2) is 32.6 Å². The van der Waals surface area contributed by atoms with E-state index in [1.807, 2.05) is 6.92 Å². The van der Waals surface area contributed by atoms with Crippen molar-refractivity contribution in [2.45, 2.75) is 51.5 Å². The molecule has 152 valence electrons. The highest BCUT2D eigenvalue weighted by atomic mass is 16.5. The van der Waals surface area contributed by atoms with Crippen molar-refractivity contribution in [1.29, 1.82) is 0 Å². The van der Waals surface area contributed by atoms with E-state index in [0.29, 0.717) is 34.9 Å². The molecule has 1 N–H and O–H groups in total. The van der Waals surface area contributed by atoms with Gasteiger partial charge in [0.15, 0.2) is 11.2 Å². The minimum Gasteiger partial charge on any atom is -0.465 e. The van der Waals surface area contributed by atoms with Crippen LogP contribution in [0.4, 0.5) is 0 Å². The van der Waals surface area contributed by atoms with Crippen LogP contribution in [0.3, 0.4) is 0 Å². The molecule has 0 amide bonds. The molecule has 0 radical (unpaired) electrons. The number of benzene rings is 1. The number of rotatable bonds is 6. The topological polar surface area (TPSA) is 99.1 Å². The molecule has 0 aliphatic heterocycles. The van der Waals surface area contributed by atoms with Gasteiger partial charge in [-0.15, -0.1) is 0 Å². The number of nitrogens with one attached hydrogen (secondary N) is 1. The summed E-state index contributed by atoms with van der Waals surface area (Å²) in [5.41, 5.74) is 0.936. The summed E-state index contributed by atoms with van der Waals surface area (Å²) in [6.45, 7) is 2.45. The predicted molar refractivity (Wildman–Crippen MR) is 108 cm³/mol. The van der Waals surface area contributed by atoms with E-state index < -0.39 is 5.97 Å². The molecule has 1 saturated carbocycles. The predicted octanol–water partition coefficient (Wildman–Crippen LogP) is 3.77. The summed E-state index contributed by atoms with van der Waals surface area (Å²) < 4.78 is 12.2. The quantitative estimate of drug-likeness (QED) is 0.637. The zero-order valence-electron chi connectivity index (χ0n) is 16.6. The fourth-order valence-corrected chi connectivity index (χ4v) is 3.79. The smallest absolute Gasteiger partial charge is 0.337 e. The number of nitrogens with zero attached hydrogens (tertiary/aromatic N) is 3. The molecule has 1 aliphatic rings. The van der Waals surface area contributed by atoms with E-state index in [1.54, 1.807) is 24.3 Å². The minimum absolute atomic E-state index is 0.163. The molecule has 4 rings (SSSR count). The monoisotopic (exact) mass is 396 g/mol. The third-order valence-electron chi connectivity index (χ3n) is 5.25. The summed E-state index contributed by atoms with van der Waals surface area (Å²) in [6, 6.07) is 6.75. The summed E-state index contributed by atoms with van der Waals surface area (Å²) in [5, 5.41) is 0. The molecule has 0 atom stereocenters. The summed E-state index contributed by atoms with van der Waals surface area (Å²) in [4.78, 5) is 37.2. The molecule has 1 aromatic carbocycles. The van der Waals surface area contributed by atoms with Gasteiger partial charge in [-0.25, -0.2) is 9.78 Å². The van der Waals surface area contributed by atoms with E-state index >= 15 is 0 Å². The van der Waals surface area contributed by atoms with Gasteiger partial charge in [0.25, 0.3) is 5.56 Å². The summed E-state index contributed by atoms with van der Waals surface area (Å²) in [5.74, 6) is 1.12. The Morgan fingerprint density at radius 1 is 1.28 bits per heavy atom. The molecule has 0 spiro atoms. The van der Waals surface area contributed by atoms with Crippen LogP contribution in [0.5, 0.6) is 11.8 Å². The van der Waals surface area contributed by atoms with Crippen LogP contribution in [0.15, 0.2) is 29.1 Å². The van der Waals surface area contributed by atoms with E-state index in [4.69, 9.17) is 9.47 Å². The van der Waals surface area contributed by atoms with Crippen LogP contribution < -0.4 is 10.3 Å². The normalized spacial score (nSPS) is 14.4. The molecule has 8 nitrogen and oxygen atoms in total. The molecular weight excluding hydrogens is 372 g/mol. The first-order valence-corrected chi connectivity index (χ1v) is 9.97. The first kappa shape index (κ1) is 19.2. The number of fused-ring (bicyclic) bond motifs is 1. The molecule has 8 heteroatoms. The fourth-order valence-electron chi connectivity index (χ4n) is 3.79. The third-order valence-corrected chi connectivity index (χ3v) is 5.25. The second-order valence-corrected chi connectivity index (χ2v) is 7.27. The molecule has 0 unspecified atom stereocenters. The van der Waals surface area contributed by atoms with Crippen molar-refractivity contribution in [2.24, 2.45) is 0 Å². The Balaban J connectivity index is 1.75. The number of methoxy groups -OCH3 is 1. The highest BCUT2D eigenvalue weighted by Crippen LogP contribution is 2.33. The standard InChI is InChI=1S/C21H24N4O4/c1-3-11-25-19(26)16-18(23-17(22-16)13-7-4-5-8-13)24-21(25)29-15-10-6-9-14(12-15)20(27)28-2/h6,9-10,12-13H,3-5,7-8,11H2,1-2H3,(H,22,23). The number of esters is 1. The number of aromatic nitrogens is 4. The van der Waals surface area contributed by atoms with Crippen LogP contribution in [0.2, 0.25) is 0 Å². The van der Waals surface area contributed by atoms with Crippen molar-refractivity contribution in [3.05, 3.63) is 46.0 Å². The molecule has 2 heterocycles. The Kier molecular flexibility index (Phi) is 5.33. The van der Waals surface area contributed by atoms with Crippen molar-refractivity contribution >= 4 is 17.1 Å². The Morgan fingerprint density at radius 3 is 2.79 bits per heavy atom. The van der Waals surface area contributed by atoms with E-state index in [2.05, 4.69) is 15.0 Å². The molecule has 3 aromatic rings. The van der Waals surface area contributed by atoms with E-state index in [9.17, 15) is 9.59 Å². The van der Waals surface area contributed by atoms with Gasteiger partial charge in [0.2, 0.25) is 0 Å². The SMILES string of the molecule is CCCn1c(Oc2cccc(C(=O)OC)c2)nc2nc(C3CCCC3)[nH]c2c1=O. The molecule has 0 bridgehead atoms. The largest absolute Gasteiger partial charge is 0.465 e. The Morgan fingerprint density at radius 2 is 2.07 bits per heavy atom. The Hall–Kier alpha value is -3.16. The lowest BCUT2D eigenvalue weighted by molar-refractivity contribution is 0.0600. The van der Waals surface area contributed by atoms with E-state index in [1.165, 1.54) is 24.5 Å². The summed E-state index contributed by atoms with van der Waals surface area (Å²) in [6.07, 6.45) is 5.26. The lowest BCUT2D eigenvalue weighted by Gasteiger charge is -2.12. The van der Waals surface area contributed by atoms with Gasteiger partial charge in [-0.05, 0) is 37.5 Å². The van der Waals surface area contributed by atoms with Crippen molar-refractivity contribution < 1.29 is 14.3 Å². The first-order chi connectivity index (χ1) is 14.1. The number of ether oxygens (including phenoxy) is 2. The maximum atomic E-state index is 13.1. The van der Waals surface area contributed by atoms with Gasteiger partial charge in [-0.1, -0.05) is 25.8 Å². The zero-order chi connectivity index (χ0) is 20.4. The lowest BCUT2D eigenvalue weighted by atomic mass is 10.1. The third kappa shape index (κ3) is 3.74. The van der Waals surface area contributed by atoms with Crippen molar-refractivity contribution in [3.8, 4) is 11.8 Å². The maximum Gasteiger partial charge on any atom is 0.337 e. The van der Waals surface area contributed by atoms with Crippen LogP contribution in [-0.2, 0) is 11.3 Å². The number of hydrogen-bond acceptors (Lipinski definition) is 6. The summed E-state index contributed by atoms with van der Waals surface area (Å²) >= 11 is 0. The number of aromatic amines is 1. The molecule has 1 aliphatic carbocycles. The lowest BCUT2D eigenvalue weighted by Crippen LogP contribution is -2.23. The maximum absolute atomic E-state index is 13.1. The fraction of sp³-hybridized carbons (Fsp3) is 0.429. The first-order valence-electron chi connectivity index (χ1n) is 9.97. The molecular formula is C21H24N4O4. The van der Waals surface area contributed by atoms with Gasteiger partial charge in [-0.2, -0.15) is 4.98 Å². The van der Waals surface area contributed by atoms with Crippen LogP contribution in [0, 0.1) is 0 Å². The number of carbonyl (C=O) groups is 1. The van der Waals surface area contributed by atoms with Crippen LogP contribution in [0.1, 0.15) is 61.1 Å². The zero-order valence-corrected chi connectivity index (χ0v) is 16.6. The average molecular weight is 396 g/mol. The second kappa shape index (κ2) is 8.06. The van der Waals surface area contributed by atoms with E-state index in [-0.39, 0.29) is 11.6 Å². The van der Waals surface area contributed by atoms with Crippen LogP contribution >= 0.6 is 0 Å². The number of hydrogen-bond donors (Lipinski definition) is 1. The van der Waals surface area contributed by atoms with Gasteiger partial charge >= 0.3 is 12.0 Å². The van der Waals surface area contributed by atoms with E-state index in [0.717, 1.165) is 25.1 Å². The van der Waals surface area contributed by atoms with Crippen molar-refractivity contribution in [3.63, 3.8) is 0 Å². The number of imidazole rings is 1. The number of H-pyrrole nitrogens is 1. The second-order valence-electron chi connectivity index (χ2n) is 7.27. The Bertz CT molecular complexity index is 1100. The van der Waals surface area contributed by atoms with Crippen LogP contribution in [0.25, 0.3) is 11.2 Å². The molecule has 0 saturated heterocycles. The minimum atomic E-state index is -0.460. The molecule has 1 fully saturated rings. The number of carbonyl (C=O) groups excluding carboxylic acids is 1. The van der Waals surface area contributed by atoms with Gasteiger partial charge in [0.05, 0.1) is 12.7 Å². The van der Waals surface area contributed by atoms with Gasteiger partial charge in [-0.3, -0.25) is 9.36 Å². The molecule has 2 aromatic heterocycles. The highest BCUT2D eigenvalue weighted by molar-refractivity contribution is 5.89. The van der Waals surface area contributed by atoms with Gasteiger partial charge < -0.3 is 14.5 Å². The van der Waals surface area contributed by atoms with Crippen molar-refractivity contribution in [2.75, 3.05) is 7.11 Å². The van der Waals surface area contributed by atoms with Gasteiger partial charge in [0.1, 0.15) is 11.6 Å². The Labute approximate surface area is 167 Å².